The second-order valence-corrected chi connectivity index (χ2v) is 16.7. The van der Waals surface area contributed by atoms with Gasteiger partial charge < -0.3 is 0 Å². The van der Waals surface area contributed by atoms with E-state index in [9.17, 15) is 0 Å². The highest BCUT2D eigenvalue weighted by Gasteiger charge is 2.06. The number of unbranched alkanes of at least 4 members (excludes halogenated alkanes) is 34. The SMILES string of the molecule is CCCCCCCCCCCCCCCCCCCCCCCCCCCCC(C)CCCC(C)CCCCCCCCCCCC. The Morgan fingerprint density at radius 3 is 0.532 bits per heavy atom. The first kappa shape index (κ1) is 47.0. The van der Waals surface area contributed by atoms with E-state index >= 15 is 0 Å². The highest BCUT2D eigenvalue weighted by Crippen LogP contribution is 2.22. The smallest absolute Gasteiger partial charge is 0.0443 e. The van der Waals surface area contributed by atoms with Gasteiger partial charge in [-0.2, -0.15) is 0 Å². The van der Waals surface area contributed by atoms with E-state index in [2.05, 4.69) is 27.7 Å². The zero-order valence-electron chi connectivity index (χ0n) is 34.1. The van der Waals surface area contributed by atoms with E-state index in [1.165, 1.54) is 263 Å². The van der Waals surface area contributed by atoms with Crippen molar-refractivity contribution in [3.63, 3.8) is 0 Å². The van der Waals surface area contributed by atoms with Crippen LogP contribution in [0.4, 0.5) is 0 Å². The fourth-order valence-electron chi connectivity index (χ4n) is 7.89. The van der Waals surface area contributed by atoms with E-state index in [0.717, 1.165) is 11.8 Å². The predicted molar refractivity (Wildman–Crippen MR) is 219 cm³/mol. The fourth-order valence-corrected chi connectivity index (χ4v) is 7.89. The molecule has 0 bridgehead atoms. The molecule has 0 rings (SSSR count). The third-order valence-corrected chi connectivity index (χ3v) is 11.5. The lowest BCUT2D eigenvalue weighted by molar-refractivity contribution is 0.390. The van der Waals surface area contributed by atoms with E-state index in [4.69, 9.17) is 0 Å². The highest BCUT2D eigenvalue weighted by molar-refractivity contribution is 4.60. The van der Waals surface area contributed by atoms with Crippen LogP contribution >= 0.6 is 0 Å². The summed E-state index contributed by atoms with van der Waals surface area (Å²) in [6.45, 7) is 9.66. The van der Waals surface area contributed by atoms with E-state index in [1.54, 1.807) is 0 Å². The van der Waals surface area contributed by atoms with E-state index < -0.39 is 0 Å². The molecule has 0 aromatic heterocycles. The molecule has 0 N–H and O–H groups in total. The minimum Gasteiger partial charge on any atom is -0.0654 e. The van der Waals surface area contributed by atoms with Gasteiger partial charge in [-0.1, -0.05) is 291 Å². The lowest BCUT2D eigenvalue weighted by Crippen LogP contribution is -1.99. The van der Waals surface area contributed by atoms with Crippen LogP contribution in [0, 0.1) is 11.8 Å². The summed E-state index contributed by atoms with van der Waals surface area (Å²) in [5, 5.41) is 0. The Bertz CT molecular complexity index is 522. The van der Waals surface area contributed by atoms with Gasteiger partial charge in [-0.15, -0.1) is 0 Å². The standard InChI is InChI=1S/C47H96/c1-5-7-9-11-13-15-17-18-19-20-21-22-23-24-25-26-27-28-29-30-31-32-34-36-38-40-43-47(4)45-41-44-46(3)42-39-37-35-33-16-14-12-10-8-6-2/h46-47H,5-45H2,1-4H3. The Hall–Kier alpha value is 0. The highest BCUT2D eigenvalue weighted by atomic mass is 14.1. The van der Waals surface area contributed by atoms with Crippen molar-refractivity contribution in [2.45, 2.75) is 291 Å². The molecule has 0 aliphatic rings. The average Bonchev–Trinajstić information content (AvgIpc) is 3.07. The van der Waals surface area contributed by atoms with Crippen molar-refractivity contribution in [3.8, 4) is 0 Å². The van der Waals surface area contributed by atoms with Crippen LogP contribution in [0.3, 0.4) is 0 Å². The maximum absolute atomic E-state index is 2.52. The van der Waals surface area contributed by atoms with Gasteiger partial charge in [0.25, 0.3) is 0 Å². The summed E-state index contributed by atoms with van der Waals surface area (Å²) in [6, 6.07) is 0. The molecule has 0 radical (unpaired) electrons. The Balaban J connectivity index is 3.20. The van der Waals surface area contributed by atoms with Crippen LogP contribution in [0.2, 0.25) is 0 Å². The van der Waals surface area contributed by atoms with Crippen LogP contribution in [0.25, 0.3) is 0 Å². The van der Waals surface area contributed by atoms with Gasteiger partial charge >= 0.3 is 0 Å². The molecule has 2 unspecified atom stereocenters. The van der Waals surface area contributed by atoms with Gasteiger partial charge in [0.15, 0.2) is 0 Å². The van der Waals surface area contributed by atoms with E-state index in [0.29, 0.717) is 0 Å². The third-order valence-electron chi connectivity index (χ3n) is 11.5. The summed E-state index contributed by atoms with van der Waals surface area (Å²) < 4.78 is 0. The summed E-state index contributed by atoms with van der Waals surface area (Å²) in [5.41, 5.74) is 0. The van der Waals surface area contributed by atoms with Gasteiger partial charge in [-0.3, -0.25) is 0 Å². The van der Waals surface area contributed by atoms with Crippen LogP contribution in [0.1, 0.15) is 291 Å². The van der Waals surface area contributed by atoms with Crippen LogP contribution in [-0.2, 0) is 0 Å². The van der Waals surface area contributed by atoms with E-state index in [1.807, 2.05) is 0 Å². The fraction of sp³-hybridized carbons (Fsp3) is 1.00. The summed E-state index contributed by atoms with van der Waals surface area (Å²) in [6.07, 6.45) is 60.6. The molecule has 0 spiro atoms. The first-order chi connectivity index (χ1) is 23.2. The van der Waals surface area contributed by atoms with Crippen LogP contribution in [0.5, 0.6) is 0 Å². The first-order valence-electron chi connectivity index (χ1n) is 23.2. The molecule has 0 saturated heterocycles. The normalized spacial score (nSPS) is 13.0. The van der Waals surface area contributed by atoms with Gasteiger partial charge in [0.05, 0.1) is 0 Å². The molecule has 284 valence electrons. The zero-order chi connectivity index (χ0) is 34.1. The summed E-state index contributed by atoms with van der Waals surface area (Å²) in [4.78, 5) is 0. The van der Waals surface area contributed by atoms with Gasteiger partial charge in [-0.05, 0) is 11.8 Å². The van der Waals surface area contributed by atoms with Gasteiger partial charge in [0.2, 0.25) is 0 Å². The molecule has 0 aliphatic heterocycles. The Kier molecular flexibility index (Phi) is 42.2. The Morgan fingerprint density at radius 1 is 0.191 bits per heavy atom. The monoisotopic (exact) mass is 661 g/mol. The summed E-state index contributed by atoms with van der Waals surface area (Å²) in [7, 11) is 0. The maximum Gasteiger partial charge on any atom is -0.0443 e. The summed E-state index contributed by atoms with van der Waals surface area (Å²) in [5.74, 6) is 1.91. The Morgan fingerprint density at radius 2 is 0.340 bits per heavy atom. The lowest BCUT2D eigenvalue weighted by atomic mass is 9.92. The van der Waals surface area contributed by atoms with Crippen molar-refractivity contribution in [2.24, 2.45) is 11.8 Å². The van der Waals surface area contributed by atoms with Crippen molar-refractivity contribution in [2.75, 3.05) is 0 Å². The predicted octanol–water partition coefficient (Wildman–Crippen LogP) is 18.3. The van der Waals surface area contributed by atoms with Crippen molar-refractivity contribution in [1.29, 1.82) is 0 Å². The lowest BCUT2D eigenvalue weighted by Gasteiger charge is -2.14. The second kappa shape index (κ2) is 42.2. The first-order valence-corrected chi connectivity index (χ1v) is 23.2. The van der Waals surface area contributed by atoms with Crippen molar-refractivity contribution < 1.29 is 0 Å². The van der Waals surface area contributed by atoms with Crippen LogP contribution in [-0.4, -0.2) is 0 Å². The van der Waals surface area contributed by atoms with Gasteiger partial charge in [0, 0.05) is 0 Å². The number of hydrogen-bond donors (Lipinski definition) is 0. The van der Waals surface area contributed by atoms with Crippen LogP contribution < -0.4 is 0 Å². The number of hydrogen-bond acceptors (Lipinski definition) is 0. The zero-order valence-corrected chi connectivity index (χ0v) is 34.1. The quantitative estimate of drug-likeness (QED) is 0.0572. The molecule has 0 amide bonds. The topological polar surface area (TPSA) is 0 Å². The summed E-state index contributed by atoms with van der Waals surface area (Å²) >= 11 is 0. The van der Waals surface area contributed by atoms with Gasteiger partial charge in [0.1, 0.15) is 0 Å². The molecule has 0 aromatic carbocycles. The van der Waals surface area contributed by atoms with Crippen molar-refractivity contribution >= 4 is 0 Å². The minimum absolute atomic E-state index is 0.953. The third kappa shape index (κ3) is 42.1. The second-order valence-electron chi connectivity index (χ2n) is 16.7. The molecule has 0 heteroatoms. The molecule has 0 heterocycles. The average molecular weight is 661 g/mol. The molecule has 47 heavy (non-hydrogen) atoms. The molecule has 0 aromatic rings. The number of rotatable bonds is 42. The largest absolute Gasteiger partial charge is 0.0654 e. The Labute approximate surface area is 302 Å². The van der Waals surface area contributed by atoms with Crippen LogP contribution in [0.15, 0.2) is 0 Å². The van der Waals surface area contributed by atoms with Crippen molar-refractivity contribution in [3.05, 3.63) is 0 Å². The molecular weight excluding hydrogens is 565 g/mol. The molecule has 2 atom stereocenters. The van der Waals surface area contributed by atoms with E-state index in [-0.39, 0.29) is 0 Å². The molecule has 0 fully saturated rings. The van der Waals surface area contributed by atoms with Crippen molar-refractivity contribution in [1.82, 2.24) is 0 Å². The van der Waals surface area contributed by atoms with Gasteiger partial charge in [-0.25, -0.2) is 0 Å². The maximum atomic E-state index is 2.52. The molecular formula is C47H96. The molecule has 0 saturated carbocycles. The minimum atomic E-state index is 0.953. The molecule has 0 nitrogen and oxygen atoms in total. The molecule has 0 aliphatic carbocycles.